The van der Waals surface area contributed by atoms with E-state index >= 15 is 0 Å². The lowest BCUT2D eigenvalue weighted by Crippen LogP contribution is -2.05. The van der Waals surface area contributed by atoms with Gasteiger partial charge in [0.05, 0.1) is 0 Å². The monoisotopic (exact) mass is 179 g/mol. The third-order valence-corrected chi connectivity index (χ3v) is 1.77. The average Bonchev–Trinajstić information content (AvgIpc) is 2.19. The Hall–Kier alpha value is -1.02. The first-order chi connectivity index (χ1) is 6.43. The molecule has 1 rings (SSSR count). The van der Waals surface area contributed by atoms with E-state index in [9.17, 15) is 0 Å². The summed E-state index contributed by atoms with van der Waals surface area (Å²) >= 11 is 0. The average molecular weight is 179 g/mol. The summed E-state index contributed by atoms with van der Waals surface area (Å²) in [6.45, 7) is 4.65. The minimum Gasteiger partial charge on any atom is -0.385 e. The van der Waals surface area contributed by atoms with Crippen LogP contribution < -0.4 is 5.32 Å². The lowest BCUT2D eigenvalue weighted by atomic mass is 10.3. The molecule has 0 aliphatic rings. The van der Waals surface area contributed by atoms with Crippen molar-refractivity contribution in [3.8, 4) is 0 Å². The van der Waals surface area contributed by atoms with E-state index in [1.165, 1.54) is 5.69 Å². The number of hydrogen-bond donors (Lipinski definition) is 1. The van der Waals surface area contributed by atoms with Crippen molar-refractivity contribution in [2.45, 2.75) is 13.3 Å². The van der Waals surface area contributed by atoms with Gasteiger partial charge in [-0.3, -0.25) is 0 Å². The molecule has 1 aromatic carbocycles. The first kappa shape index (κ1) is 10.1. The maximum Gasteiger partial charge on any atom is 0.0482 e. The molecule has 0 aromatic heterocycles. The van der Waals surface area contributed by atoms with Crippen LogP contribution in [0.25, 0.3) is 0 Å². The number of ether oxygens (including phenoxy) is 1. The fourth-order valence-corrected chi connectivity index (χ4v) is 1.11. The van der Waals surface area contributed by atoms with E-state index in [1.807, 2.05) is 25.1 Å². The van der Waals surface area contributed by atoms with E-state index in [4.69, 9.17) is 4.74 Å². The van der Waals surface area contributed by atoms with Crippen molar-refractivity contribution < 1.29 is 4.74 Å². The van der Waals surface area contributed by atoms with Gasteiger partial charge in [0.1, 0.15) is 0 Å². The van der Waals surface area contributed by atoms with E-state index in [1.54, 1.807) is 0 Å². The van der Waals surface area contributed by atoms with Crippen LogP contribution in [-0.4, -0.2) is 19.8 Å². The minimum atomic E-state index is 0.811. The summed E-state index contributed by atoms with van der Waals surface area (Å²) in [6.07, 6.45) is 1.06. The molecule has 2 heteroatoms. The molecule has 0 amide bonds. The topological polar surface area (TPSA) is 21.3 Å². The predicted octanol–water partition coefficient (Wildman–Crippen LogP) is 2.53. The van der Waals surface area contributed by atoms with Gasteiger partial charge in [0, 0.05) is 25.4 Å². The normalized spacial score (nSPS) is 9.92. The maximum absolute atomic E-state index is 5.23. The fourth-order valence-electron chi connectivity index (χ4n) is 1.11. The summed E-state index contributed by atoms with van der Waals surface area (Å²) in [7, 11) is 0. The predicted molar refractivity (Wildman–Crippen MR) is 56.0 cm³/mol. The van der Waals surface area contributed by atoms with Gasteiger partial charge in [-0.1, -0.05) is 18.2 Å². The Bertz CT molecular complexity index is 211. The standard InChI is InChI=1S/C11H17NO/c1-2-13-10-6-9-12-11-7-4-3-5-8-11/h3-5,7-8,12H,2,6,9-10H2,1H3. The molecule has 1 aromatic rings. The minimum absolute atomic E-state index is 0.811. The van der Waals surface area contributed by atoms with Gasteiger partial charge in [0.15, 0.2) is 0 Å². The Kier molecular flexibility index (Phi) is 5.02. The van der Waals surface area contributed by atoms with Crippen molar-refractivity contribution in [2.75, 3.05) is 25.1 Å². The maximum atomic E-state index is 5.23. The van der Waals surface area contributed by atoms with Crippen LogP contribution >= 0.6 is 0 Å². The Morgan fingerprint density at radius 3 is 2.69 bits per heavy atom. The molecule has 0 aliphatic heterocycles. The van der Waals surface area contributed by atoms with E-state index in [0.29, 0.717) is 0 Å². The van der Waals surface area contributed by atoms with Gasteiger partial charge in [-0.15, -0.1) is 0 Å². The molecule has 0 saturated carbocycles. The van der Waals surface area contributed by atoms with Gasteiger partial charge in [-0.2, -0.15) is 0 Å². The molecule has 0 unspecified atom stereocenters. The Morgan fingerprint density at radius 2 is 2.00 bits per heavy atom. The van der Waals surface area contributed by atoms with E-state index in [-0.39, 0.29) is 0 Å². The van der Waals surface area contributed by atoms with Crippen LogP contribution in [0.3, 0.4) is 0 Å². The molecule has 0 atom stereocenters. The van der Waals surface area contributed by atoms with Crippen LogP contribution in [-0.2, 0) is 4.74 Å². The molecule has 72 valence electrons. The van der Waals surface area contributed by atoms with Crippen molar-refractivity contribution in [1.29, 1.82) is 0 Å². The van der Waals surface area contributed by atoms with Gasteiger partial charge >= 0.3 is 0 Å². The van der Waals surface area contributed by atoms with Crippen molar-refractivity contribution in [2.24, 2.45) is 0 Å². The lowest BCUT2D eigenvalue weighted by Gasteiger charge is -2.05. The first-order valence-electron chi connectivity index (χ1n) is 4.80. The highest BCUT2D eigenvalue weighted by molar-refractivity contribution is 5.42. The van der Waals surface area contributed by atoms with Crippen molar-refractivity contribution in [3.63, 3.8) is 0 Å². The van der Waals surface area contributed by atoms with Crippen LogP contribution in [0.5, 0.6) is 0 Å². The molecule has 2 nitrogen and oxygen atoms in total. The fraction of sp³-hybridized carbons (Fsp3) is 0.455. The summed E-state index contributed by atoms with van der Waals surface area (Å²) < 4.78 is 5.23. The van der Waals surface area contributed by atoms with E-state index in [0.717, 1.165) is 26.2 Å². The zero-order valence-electron chi connectivity index (χ0n) is 8.12. The number of para-hydroxylation sites is 1. The second kappa shape index (κ2) is 6.49. The van der Waals surface area contributed by atoms with Gasteiger partial charge in [-0.25, -0.2) is 0 Å². The molecule has 0 saturated heterocycles. The first-order valence-corrected chi connectivity index (χ1v) is 4.80. The van der Waals surface area contributed by atoms with Gasteiger partial charge < -0.3 is 10.1 Å². The summed E-state index contributed by atoms with van der Waals surface area (Å²) in [5.74, 6) is 0. The number of nitrogens with one attached hydrogen (secondary N) is 1. The van der Waals surface area contributed by atoms with Gasteiger partial charge in [0.2, 0.25) is 0 Å². The number of hydrogen-bond acceptors (Lipinski definition) is 2. The van der Waals surface area contributed by atoms with Crippen molar-refractivity contribution in [3.05, 3.63) is 30.3 Å². The molecule has 13 heavy (non-hydrogen) atoms. The molecule has 0 heterocycles. The smallest absolute Gasteiger partial charge is 0.0482 e. The summed E-state index contributed by atoms with van der Waals surface area (Å²) in [6, 6.07) is 10.2. The second-order valence-electron chi connectivity index (χ2n) is 2.84. The molecule has 0 spiro atoms. The third kappa shape index (κ3) is 4.53. The van der Waals surface area contributed by atoms with Gasteiger partial charge in [-0.05, 0) is 25.5 Å². The molecule has 0 fully saturated rings. The Morgan fingerprint density at radius 1 is 1.23 bits per heavy atom. The lowest BCUT2D eigenvalue weighted by molar-refractivity contribution is 0.147. The zero-order chi connectivity index (χ0) is 9.36. The number of benzene rings is 1. The van der Waals surface area contributed by atoms with Crippen LogP contribution in [0.15, 0.2) is 30.3 Å². The highest BCUT2D eigenvalue weighted by atomic mass is 16.5. The van der Waals surface area contributed by atoms with Crippen molar-refractivity contribution in [1.82, 2.24) is 0 Å². The molecule has 0 radical (unpaired) electrons. The Balaban J connectivity index is 2.07. The quantitative estimate of drug-likeness (QED) is 0.677. The largest absolute Gasteiger partial charge is 0.385 e. The highest BCUT2D eigenvalue weighted by Crippen LogP contribution is 2.04. The summed E-state index contributed by atoms with van der Waals surface area (Å²) in [5.41, 5.74) is 1.18. The van der Waals surface area contributed by atoms with E-state index in [2.05, 4.69) is 17.4 Å². The van der Waals surface area contributed by atoms with Gasteiger partial charge in [0.25, 0.3) is 0 Å². The number of anilines is 1. The van der Waals surface area contributed by atoms with Crippen molar-refractivity contribution >= 4 is 5.69 Å². The zero-order valence-corrected chi connectivity index (χ0v) is 8.12. The highest BCUT2D eigenvalue weighted by Gasteiger charge is 1.89. The molecule has 0 aliphatic carbocycles. The SMILES string of the molecule is CCOCCCNc1ccccc1. The van der Waals surface area contributed by atoms with Crippen LogP contribution in [0, 0.1) is 0 Å². The molecule has 1 N–H and O–H groups in total. The summed E-state index contributed by atoms with van der Waals surface area (Å²) in [4.78, 5) is 0. The molecular formula is C11H17NO. The second-order valence-corrected chi connectivity index (χ2v) is 2.84. The van der Waals surface area contributed by atoms with Crippen LogP contribution in [0.4, 0.5) is 5.69 Å². The summed E-state index contributed by atoms with van der Waals surface area (Å²) in [5, 5.41) is 3.32. The van der Waals surface area contributed by atoms with E-state index < -0.39 is 0 Å². The molecule has 0 bridgehead atoms. The Labute approximate surface area is 79.9 Å². The molecular weight excluding hydrogens is 162 g/mol. The number of rotatable bonds is 6. The van der Waals surface area contributed by atoms with Crippen LogP contribution in [0.2, 0.25) is 0 Å². The van der Waals surface area contributed by atoms with Crippen LogP contribution in [0.1, 0.15) is 13.3 Å². The third-order valence-electron chi connectivity index (χ3n) is 1.77.